The van der Waals surface area contributed by atoms with Crippen molar-refractivity contribution in [3.63, 3.8) is 0 Å². The quantitative estimate of drug-likeness (QED) is 0.167. The highest BCUT2D eigenvalue weighted by Gasteiger charge is 2.32. The van der Waals surface area contributed by atoms with Gasteiger partial charge in [0, 0.05) is 26.2 Å². The van der Waals surface area contributed by atoms with Crippen molar-refractivity contribution in [1.82, 2.24) is 19.8 Å². The topological polar surface area (TPSA) is 186 Å². The molecule has 2 aromatic rings. The summed E-state index contributed by atoms with van der Waals surface area (Å²) < 4.78 is 29.1. The second-order valence-corrected chi connectivity index (χ2v) is 11.7. The van der Waals surface area contributed by atoms with Crippen LogP contribution in [0.25, 0.3) is 10.8 Å². The molecule has 6 N–H and O–H groups in total. The lowest BCUT2D eigenvalue weighted by atomic mass is 9.97. The number of nitrogens with two attached hydrogens (primary N) is 1. The smallest absolute Gasteiger partial charge is 0.323 e. The van der Waals surface area contributed by atoms with Crippen LogP contribution in [0.3, 0.4) is 0 Å². The molecule has 12 nitrogen and oxygen atoms in total. The summed E-state index contributed by atoms with van der Waals surface area (Å²) in [5.74, 6) is -2.38. The van der Waals surface area contributed by atoms with Crippen LogP contribution in [0.15, 0.2) is 47.4 Å². The molecule has 2 amide bonds. The zero-order valence-corrected chi connectivity index (χ0v) is 24.7. The van der Waals surface area contributed by atoms with Crippen LogP contribution in [0.4, 0.5) is 0 Å². The van der Waals surface area contributed by atoms with E-state index >= 15 is 0 Å². The zero-order chi connectivity index (χ0) is 29.3. The van der Waals surface area contributed by atoms with E-state index in [1.54, 1.807) is 23.1 Å². The Morgan fingerprint density at radius 3 is 2.41 bits per heavy atom. The van der Waals surface area contributed by atoms with E-state index in [0.29, 0.717) is 37.9 Å². The maximum atomic E-state index is 13.5. The SMILES string of the molecule is CCCCN(CC(=O)O)C(=O)[C@H](CC(=O)NCC1CCN(C(=N)N)CC1)NS(=O)(=O)c1ccc2ccccc2c1.Cl. The van der Waals surface area contributed by atoms with Gasteiger partial charge < -0.3 is 26.0 Å². The van der Waals surface area contributed by atoms with Crippen molar-refractivity contribution in [3.8, 4) is 0 Å². The number of likely N-dealkylation sites (tertiary alicyclic amines) is 1. The second kappa shape index (κ2) is 15.5. The summed E-state index contributed by atoms with van der Waals surface area (Å²) in [7, 11) is -4.24. The van der Waals surface area contributed by atoms with Gasteiger partial charge in [0.05, 0.1) is 11.3 Å². The van der Waals surface area contributed by atoms with Gasteiger partial charge in [0.2, 0.25) is 21.8 Å². The number of fused-ring (bicyclic) bond motifs is 1. The third kappa shape index (κ3) is 9.87. The maximum absolute atomic E-state index is 13.5. The average molecular weight is 611 g/mol. The van der Waals surface area contributed by atoms with E-state index in [-0.39, 0.29) is 35.7 Å². The monoisotopic (exact) mass is 610 g/mol. The van der Waals surface area contributed by atoms with E-state index in [1.807, 2.05) is 19.1 Å². The van der Waals surface area contributed by atoms with Crippen molar-refractivity contribution in [3.05, 3.63) is 42.5 Å². The Balaban J connectivity index is 0.00000588. The molecule has 3 rings (SSSR count). The number of sulfonamides is 1. The number of aliphatic carboxylic acids is 1. The van der Waals surface area contributed by atoms with Crippen LogP contribution in [0.5, 0.6) is 0 Å². The molecule has 0 radical (unpaired) electrons. The summed E-state index contributed by atoms with van der Waals surface area (Å²) in [6, 6.07) is 10.3. The summed E-state index contributed by atoms with van der Waals surface area (Å²) >= 11 is 0. The van der Waals surface area contributed by atoms with Crippen molar-refractivity contribution in [2.45, 2.75) is 50.0 Å². The maximum Gasteiger partial charge on any atom is 0.323 e. The summed E-state index contributed by atoms with van der Waals surface area (Å²) in [6.45, 7) is 2.93. The number of nitrogens with zero attached hydrogens (tertiary/aromatic N) is 2. The van der Waals surface area contributed by atoms with Gasteiger partial charge >= 0.3 is 5.97 Å². The van der Waals surface area contributed by atoms with E-state index < -0.39 is 46.8 Å². The zero-order valence-electron chi connectivity index (χ0n) is 23.0. The minimum Gasteiger partial charge on any atom is -0.480 e. The van der Waals surface area contributed by atoms with Crippen LogP contribution in [0.1, 0.15) is 39.0 Å². The van der Waals surface area contributed by atoms with Gasteiger partial charge in [0.15, 0.2) is 5.96 Å². The Hall–Kier alpha value is -3.42. The summed E-state index contributed by atoms with van der Waals surface area (Å²) in [5, 5.41) is 21.2. The molecular formula is C27H39ClN6O6S. The highest BCUT2D eigenvalue weighted by Crippen LogP contribution is 2.20. The van der Waals surface area contributed by atoms with Crippen molar-refractivity contribution in [2.75, 3.05) is 32.7 Å². The highest BCUT2D eigenvalue weighted by molar-refractivity contribution is 7.89. The predicted octanol–water partition coefficient (Wildman–Crippen LogP) is 1.73. The lowest BCUT2D eigenvalue weighted by molar-refractivity contribution is -0.145. The molecule has 1 heterocycles. The minimum absolute atomic E-state index is 0. The van der Waals surface area contributed by atoms with Gasteiger partial charge in [-0.15, -0.1) is 12.4 Å². The number of halogens is 1. The number of rotatable bonds is 13. The van der Waals surface area contributed by atoms with E-state index in [2.05, 4.69) is 10.0 Å². The number of carboxylic acids is 1. The molecule has 226 valence electrons. The number of amides is 2. The van der Waals surface area contributed by atoms with Gasteiger partial charge in [-0.3, -0.25) is 19.8 Å². The molecule has 0 spiro atoms. The van der Waals surface area contributed by atoms with Crippen LogP contribution in [0.2, 0.25) is 0 Å². The van der Waals surface area contributed by atoms with Gasteiger partial charge in [-0.05, 0) is 48.1 Å². The molecule has 14 heteroatoms. The number of carbonyl (C=O) groups is 3. The molecule has 0 saturated carbocycles. The van der Waals surface area contributed by atoms with Crippen LogP contribution in [-0.4, -0.2) is 85.8 Å². The predicted molar refractivity (Wildman–Crippen MR) is 158 cm³/mol. The lowest BCUT2D eigenvalue weighted by Crippen LogP contribution is -2.52. The van der Waals surface area contributed by atoms with Crippen LogP contribution < -0.4 is 15.8 Å². The number of carboxylic acid groups (broad SMARTS) is 1. The Morgan fingerprint density at radius 2 is 1.80 bits per heavy atom. The Bertz CT molecular complexity index is 1330. The first-order chi connectivity index (χ1) is 19.0. The van der Waals surface area contributed by atoms with Crippen LogP contribution in [0, 0.1) is 11.3 Å². The average Bonchev–Trinajstić information content (AvgIpc) is 2.93. The van der Waals surface area contributed by atoms with E-state index in [0.717, 1.165) is 23.1 Å². The fourth-order valence-corrected chi connectivity index (χ4v) is 5.89. The number of piperidine rings is 1. The van der Waals surface area contributed by atoms with E-state index in [9.17, 15) is 27.9 Å². The molecule has 0 unspecified atom stereocenters. The number of carbonyl (C=O) groups excluding carboxylic acids is 2. The third-order valence-electron chi connectivity index (χ3n) is 6.98. The fraction of sp³-hybridized carbons (Fsp3) is 0.481. The highest BCUT2D eigenvalue weighted by atomic mass is 35.5. The largest absolute Gasteiger partial charge is 0.480 e. The van der Waals surface area contributed by atoms with Crippen LogP contribution >= 0.6 is 12.4 Å². The second-order valence-electron chi connectivity index (χ2n) is 10.0. The number of guanidine groups is 1. The summed E-state index contributed by atoms with van der Waals surface area (Å²) in [5.41, 5.74) is 5.53. The molecule has 0 aromatic heterocycles. The first-order valence-corrected chi connectivity index (χ1v) is 14.9. The summed E-state index contributed by atoms with van der Waals surface area (Å²) in [4.78, 5) is 40.6. The Labute approximate surface area is 246 Å². The lowest BCUT2D eigenvalue weighted by Gasteiger charge is -2.32. The number of unbranched alkanes of at least 4 members (excludes halogenated alkanes) is 1. The number of nitrogens with one attached hydrogen (secondary N) is 3. The first-order valence-electron chi connectivity index (χ1n) is 13.4. The molecule has 1 atom stereocenters. The molecule has 41 heavy (non-hydrogen) atoms. The summed E-state index contributed by atoms with van der Waals surface area (Å²) in [6.07, 6.45) is 2.18. The minimum atomic E-state index is -4.24. The van der Waals surface area contributed by atoms with E-state index in [4.69, 9.17) is 11.1 Å². The number of hydrogen-bond donors (Lipinski definition) is 5. The van der Waals surface area contributed by atoms with Crippen molar-refractivity contribution in [1.29, 1.82) is 5.41 Å². The molecule has 0 aliphatic carbocycles. The van der Waals surface area contributed by atoms with Crippen molar-refractivity contribution < 1.29 is 27.9 Å². The molecule has 1 saturated heterocycles. The van der Waals surface area contributed by atoms with E-state index in [1.165, 1.54) is 12.1 Å². The standard InChI is InChI=1S/C27H38N6O6S.ClH/c1-2-3-12-33(18-25(35)36)26(37)23(16-24(34)30-17-19-10-13-32(14-11-19)27(28)29)31-40(38,39)22-9-8-20-6-4-5-7-21(20)15-22;/h4-9,15,19,23,31H,2-3,10-14,16-18H2,1H3,(H3,28,29)(H,30,34)(H,35,36);1H/t23-;/m0./s1. The number of hydrogen-bond acceptors (Lipinski definition) is 6. The third-order valence-corrected chi connectivity index (χ3v) is 8.45. The molecular weight excluding hydrogens is 572 g/mol. The normalized spacial score (nSPS) is 14.6. The van der Waals surface area contributed by atoms with Crippen LogP contribution in [-0.2, 0) is 24.4 Å². The molecule has 0 bridgehead atoms. The molecule has 1 aliphatic heterocycles. The Kier molecular flexibility index (Phi) is 12.8. The van der Waals surface area contributed by atoms with Crippen molar-refractivity contribution >= 4 is 56.9 Å². The Morgan fingerprint density at radius 1 is 1.15 bits per heavy atom. The van der Waals surface area contributed by atoms with Gasteiger partial charge in [0.1, 0.15) is 12.6 Å². The van der Waals surface area contributed by atoms with Gasteiger partial charge in [-0.2, -0.15) is 4.72 Å². The number of benzene rings is 2. The van der Waals surface area contributed by atoms with Crippen molar-refractivity contribution in [2.24, 2.45) is 11.7 Å². The molecule has 1 aliphatic rings. The fourth-order valence-electron chi connectivity index (χ4n) is 4.66. The first kappa shape index (κ1) is 33.8. The van der Waals surface area contributed by atoms with Gasteiger partial charge in [0.25, 0.3) is 0 Å². The van der Waals surface area contributed by atoms with Gasteiger partial charge in [-0.1, -0.05) is 43.7 Å². The van der Waals surface area contributed by atoms with Gasteiger partial charge in [-0.25, -0.2) is 8.42 Å². The molecule has 2 aromatic carbocycles. The molecule has 1 fully saturated rings.